The number of aromatic nitrogens is 1. The molecule has 1 aliphatic heterocycles. The van der Waals surface area contributed by atoms with Gasteiger partial charge in [0.1, 0.15) is 16.7 Å². The van der Waals surface area contributed by atoms with Crippen molar-refractivity contribution in [3.63, 3.8) is 0 Å². The van der Waals surface area contributed by atoms with Crippen LogP contribution in [0, 0.1) is 0 Å². The van der Waals surface area contributed by atoms with E-state index in [-0.39, 0.29) is 21.7 Å². The highest BCUT2D eigenvalue weighted by molar-refractivity contribution is 7.25. The van der Waals surface area contributed by atoms with Crippen molar-refractivity contribution >= 4 is 133 Å². The summed E-state index contributed by atoms with van der Waals surface area (Å²) < 4.78 is 18.7. The average Bonchev–Trinajstić information content (AvgIpc) is 4.38. The Morgan fingerprint density at radius 3 is 1.68 bits per heavy atom. The molecular weight excluding hydrogens is 982 g/mol. The molecule has 0 saturated heterocycles. The third-order valence-corrected chi connectivity index (χ3v) is 18.0. The molecule has 0 radical (unpaired) electrons. The van der Waals surface area contributed by atoms with Gasteiger partial charge < -0.3 is 23.6 Å². The molecule has 14 rings (SSSR count). The number of rotatable bonds is 6. The van der Waals surface area contributed by atoms with Crippen LogP contribution in [0.15, 0.2) is 179 Å². The molecule has 79 heavy (non-hydrogen) atoms. The molecule has 7 heteroatoms. The van der Waals surface area contributed by atoms with Crippen molar-refractivity contribution in [1.29, 1.82) is 0 Å². The fraction of sp³-hybridized carbons (Fsp3) is 0.222. The first kappa shape index (κ1) is 49.3. The van der Waals surface area contributed by atoms with Gasteiger partial charge in [-0.1, -0.05) is 156 Å². The minimum absolute atomic E-state index is 0.0376. The molecule has 1 N–H and O–H groups in total. The van der Waals surface area contributed by atoms with E-state index in [0.717, 1.165) is 83.8 Å². The van der Waals surface area contributed by atoms with E-state index in [1.807, 2.05) is 11.3 Å². The highest BCUT2D eigenvalue weighted by atomic mass is 32.1. The molecule has 390 valence electrons. The van der Waals surface area contributed by atoms with Crippen LogP contribution >= 0.6 is 11.3 Å². The Bertz CT molecular complexity index is 4560. The van der Waals surface area contributed by atoms with Crippen LogP contribution < -0.4 is 21.3 Å². The number of benzene rings is 9. The van der Waals surface area contributed by atoms with Crippen molar-refractivity contribution in [2.75, 3.05) is 10.2 Å². The first-order valence-electron chi connectivity index (χ1n) is 28.0. The lowest BCUT2D eigenvalue weighted by Crippen LogP contribution is -2.36. The van der Waals surface area contributed by atoms with E-state index in [0.29, 0.717) is 7.28 Å². The zero-order chi connectivity index (χ0) is 54.7. The number of anilines is 5. The molecule has 13 aromatic rings. The van der Waals surface area contributed by atoms with Gasteiger partial charge in [0.15, 0.2) is 0 Å². The Balaban J connectivity index is 1.01. The average molecular weight is 1050 g/mol. The van der Waals surface area contributed by atoms with Gasteiger partial charge in [-0.2, -0.15) is 0 Å². The molecule has 5 nitrogen and oxygen atoms in total. The molecule has 0 unspecified atom stereocenters. The minimum Gasteiger partial charge on any atom is -0.469 e. The van der Waals surface area contributed by atoms with Crippen LogP contribution in [-0.4, -0.2) is 11.8 Å². The molecule has 9 aromatic carbocycles. The molecule has 5 heterocycles. The third-order valence-electron chi connectivity index (χ3n) is 16.8. The van der Waals surface area contributed by atoms with Crippen LogP contribution in [0.1, 0.15) is 105 Å². The summed E-state index contributed by atoms with van der Waals surface area (Å²) in [6, 6.07) is 63.8. The highest BCUT2D eigenvalue weighted by Gasteiger charge is 2.33. The lowest BCUT2D eigenvalue weighted by molar-refractivity contribution is 0.590. The second-order valence-corrected chi connectivity index (χ2v) is 27.4. The van der Waals surface area contributed by atoms with Gasteiger partial charge in [-0.3, -0.25) is 0 Å². The van der Waals surface area contributed by atoms with Gasteiger partial charge in [0.2, 0.25) is 7.28 Å². The summed E-state index contributed by atoms with van der Waals surface area (Å²) in [6.07, 6.45) is 0. The van der Waals surface area contributed by atoms with Crippen LogP contribution in [0.4, 0.5) is 28.4 Å². The summed E-state index contributed by atoms with van der Waals surface area (Å²) >= 11 is 1.86. The molecular formula is C72H66BN3O2S. The highest BCUT2D eigenvalue weighted by Crippen LogP contribution is 2.47. The van der Waals surface area contributed by atoms with Gasteiger partial charge in [0, 0.05) is 92.7 Å². The summed E-state index contributed by atoms with van der Waals surface area (Å²) in [6.45, 7) is 27.4. The van der Waals surface area contributed by atoms with Crippen molar-refractivity contribution in [2.24, 2.45) is 0 Å². The first-order valence-corrected chi connectivity index (χ1v) is 28.8. The van der Waals surface area contributed by atoms with Gasteiger partial charge in [0.25, 0.3) is 0 Å². The number of nitrogens with one attached hydrogen (secondary N) is 1. The van der Waals surface area contributed by atoms with Crippen molar-refractivity contribution < 1.29 is 8.83 Å². The molecule has 0 amide bonds. The van der Waals surface area contributed by atoms with Crippen molar-refractivity contribution in [1.82, 2.24) is 4.57 Å². The van der Waals surface area contributed by atoms with Crippen molar-refractivity contribution in [2.45, 2.75) is 105 Å². The van der Waals surface area contributed by atoms with Crippen LogP contribution in [0.3, 0.4) is 0 Å². The lowest BCUT2D eigenvalue weighted by Gasteiger charge is -2.28. The van der Waals surface area contributed by atoms with Gasteiger partial charge in [-0.15, -0.1) is 11.3 Å². The Morgan fingerprint density at radius 1 is 0.430 bits per heavy atom. The molecule has 1 aliphatic rings. The molecule has 0 aliphatic carbocycles. The Morgan fingerprint density at radius 2 is 1.03 bits per heavy atom. The number of nitrogens with zero attached hydrogens (tertiary/aromatic N) is 2. The second-order valence-electron chi connectivity index (χ2n) is 26.4. The molecule has 0 fully saturated rings. The Hall–Kier alpha value is -8.00. The second kappa shape index (κ2) is 17.3. The lowest BCUT2D eigenvalue weighted by atomic mass is 9.62. The predicted molar refractivity (Wildman–Crippen MR) is 342 cm³/mol. The zero-order valence-electron chi connectivity index (χ0n) is 47.5. The maximum atomic E-state index is 7.06. The summed E-state index contributed by atoms with van der Waals surface area (Å²) in [7, 11) is 0.639. The number of para-hydroxylation sites is 1. The summed E-state index contributed by atoms with van der Waals surface area (Å²) in [5, 5.41) is 12.3. The van der Waals surface area contributed by atoms with E-state index >= 15 is 0 Å². The van der Waals surface area contributed by atoms with Crippen LogP contribution in [0.2, 0.25) is 0 Å². The van der Waals surface area contributed by atoms with E-state index < -0.39 is 0 Å². The standard InChI is InChI=1S/C72H66BN3O2S/c1-69(2,3)41-17-24-45(25-18-41)74-58-39-64-56(55-36-48(30-34-63(55)79-64)75(46-26-19-42(20-27-46)70(4,5)6)47-28-21-43(22-29-47)71(7,8)9)37-52(58)50-31-32-51-53-38-54-49-15-13-14-16-60(49)77-62(54)40-59(53)76-66(51)65(50)73-68-67(76)57-35-44(72(10,11)12)23-33-61(57)78-68/h13-40,73-74H,1-12H3. The molecule has 0 saturated carbocycles. The topological polar surface area (TPSA) is 46.5 Å². The molecule has 0 bridgehead atoms. The van der Waals surface area contributed by atoms with Crippen molar-refractivity contribution in [3.8, 4) is 16.8 Å². The number of hydrogen-bond acceptors (Lipinski definition) is 5. The predicted octanol–water partition coefficient (Wildman–Crippen LogP) is 19.6. The summed E-state index contributed by atoms with van der Waals surface area (Å²) in [5.74, 6) is 0. The fourth-order valence-electron chi connectivity index (χ4n) is 12.3. The van der Waals surface area contributed by atoms with Gasteiger partial charge in [-0.25, -0.2) is 0 Å². The maximum absolute atomic E-state index is 7.06. The van der Waals surface area contributed by atoms with Crippen LogP contribution in [-0.2, 0) is 21.7 Å². The first-order chi connectivity index (χ1) is 37.6. The normalized spacial score (nSPS) is 13.2. The summed E-state index contributed by atoms with van der Waals surface area (Å²) in [4.78, 5) is 2.42. The summed E-state index contributed by atoms with van der Waals surface area (Å²) in [5.41, 5.74) is 21.4. The molecule has 4 aromatic heterocycles. The Kier molecular flexibility index (Phi) is 10.8. The van der Waals surface area contributed by atoms with Crippen LogP contribution in [0.25, 0.3) is 91.7 Å². The quantitative estimate of drug-likeness (QED) is 0.169. The van der Waals surface area contributed by atoms with E-state index in [9.17, 15) is 0 Å². The van der Waals surface area contributed by atoms with E-state index in [1.54, 1.807) is 0 Å². The fourth-order valence-corrected chi connectivity index (χ4v) is 13.4. The number of fused-ring (bicyclic) bond motifs is 13. The number of hydrogen-bond donors (Lipinski definition) is 1. The number of thiophene rings is 1. The third kappa shape index (κ3) is 8.09. The molecule has 0 atom stereocenters. The van der Waals surface area contributed by atoms with Gasteiger partial charge in [0.05, 0.1) is 16.9 Å². The smallest absolute Gasteiger partial charge is 0.244 e. The SMILES string of the molecule is CC(C)(C)c1ccc(Nc2cc3sc4ccc(N(c5ccc(C(C)(C)C)cc5)c5ccc(C(C)(C)C)cc5)cc4c3cc2-c2ccc3c4cc5c(cc4n4c3c2Bc2oc3ccc(C(C)(C)C)cc3c2-4)oc2ccccc25)cc1. The van der Waals surface area contributed by atoms with E-state index in [1.165, 1.54) is 69.7 Å². The van der Waals surface area contributed by atoms with Crippen molar-refractivity contribution in [3.05, 3.63) is 192 Å². The number of furan rings is 2. The monoisotopic (exact) mass is 1050 g/mol. The van der Waals surface area contributed by atoms with E-state index in [2.05, 4.69) is 268 Å². The van der Waals surface area contributed by atoms with E-state index in [4.69, 9.17) is 8.83 Å². The minimum atomic E-state index is -0.0397. The Labute approximate surface area is 467 Å². The maximum Gasteiger partial charge on any atom is 0.244 e. The van der Waals surface area contributed by atoms with Gasteiger partial charge >= 0.3 is 0 Å². The van der Waals surface area contributed by atoms with Crippen LogP contribution in [0.5, 0.6) is 0 Å². The van der Waals surface area contributed by atoms with Gasteiger partial charge in [-0.05, 0) is 146 Å². The largest absolute Gasteiger partial charge is 0.469 e. The molecule has 0 spiro atoms. The zero-order valence-corrected chi connectivity index (χ0v) is 48.3.